The minimum Gasteiger partial charge on any atom is -0.412 e. The van der Waals surface area contributed by atoms with Crippen molar-refractivity contribution in [2.75, 3.05) is 0 Å². The molecule has 0 radical (unpaired) electrons. The maximum absolute atomic E-state index is 4.72. The van der Waals surface area contributed by atoms with Crippen LogP contribution >= 0.6 is 36.7 Å². The third-order valence-electron chi connectivity index (χ3n) is 0.681. The van der Waals surface area contributed by atoms with Crippen LogP contribution in [0.4, 0.5) is 0 Å². The third-order valence-corrected chi connectivity index (χ3v) is 1.29. The van der Waals surface area contributed by atoms with E-state index in [4.69, 9.17) is 36.7 Å². The largest absolute Gasteiger partial charge is 0.412 e. The van der Waals surface area contributed by atoms with E-state index in [-0.39, 0.29) is 32.9 Å². The van der Waals surface area contributed by atoms with Crippen LogP contribution in [0.25, 0.3) is 0 Å². The second-order valence-corrected chi connectivity index (χ2v) is 2.59. The lowest BCUT2D eigenvalue weighted by Crippen LogP contribution is -1.86. The summed E-state index contributed by atoms with van der Waals surface area (Å²) >= 11 is 14.2. The molecule has 0 amide bonds. The smallest absolute Gasteiger partial charge is 0.178 e. The molecule has 1 aromatic rings. The molecule has 0 saturated heterocycles. The molecule has 96 valence electrons. The molecule has 0 unspecified atom stereocenters. The van der Waals surface area contributed by atoms with E-state index in [2.05, 4.69) is 15.0 Å². The number of aromatic nitrogens is 3. The number of aromatic amines is 3. The number of hydrogen-bond acceptors (Lipinski definition) is 3. The molecular weight excluding hydrogens is 270 g/mol. The topological polar surface area (TPSA) is 236 Å². The Morgan fingerprint density at radius 2 is 0.600 bits per heavy atom. The molecule has 0 bridgehead atoms. The Morgan fingerprint density at radius 3 is 0.733 bits per heavy atom. The van der Waals surface area contributed by atoms with Crippen molar-refractivity contribution in [3.63, 3.8) is 0 Å². The third kappa shape index (κ3) is 13.4. The fourth-order valence-electron chi connectivity index (χ4n) is 0.403. The van der Waals surface area contributed by atoms with Gasteiger partial charge in [-0.2, -0.15) is 0 Å². The summed E-state index contributed by atoms with van der Waals surface area (Å²) in [5.74, 6) is 0. The summed E-state index contributed by atoms with van der Waals surface area (Å²) in [6.45, 7) is 0. The molecule has 9 nitrogen and oxygen atoms in total. The second-order valence-electron chi connectivity index (χ2n) is 1.36. The Bertz CT molecular complexity index is 291. The molecule has 15 heavy (non-hydrogen) atoms. The van der Waals surface area contributed by atoms with E-state index in [1.54, 1.807) is 0 Å². The predicted octanol–water partition coefficient (Wildman–Crippen LogP) is -3.09. The van der Waals surface area contributed by atoms with Crippen LogP contribution in [0.5, 0.6) is 0 Å². The van der Waals surface area contributed by atoms with Crippen molar-refractivity contribution in [2.45, 2.75) is 0 Å². The predicted molar refractivity (Wildman–Crippen MR) is 63.7 cm³/mol. The van der Waals surface area contributed by atoms with Gasteiger partial charge in [-0.15, -0.1) is 0 Å². The van der Waals surface area contributed by atoms with Gasteiger partial charge < -0.3 is 47.8 Å². The van der Waals surface area contributed by atoms with E-state index < -0.39 is 0 Å². The van der Waals surface area contributed by atoms with Crippen molar-refractivity contribution in [1.29, 1.82) is 0 Å². The zero-order chi connectivity index (χ0) is 6.85. The van der Waals surface area contributed by atoms with Gasteiger partial charge in [0.15, 0.2) is 14.3 Å². The van der Waals surface area contributed by atoms with E-state index in [0.29, 0.717) is 14.3 Å². The highest BCUT2D eigenvalue weighted by Crippen LogP contribution is 1.79. The Morgan fingerprint density at radius 1 is 0.467 bits per heavy atom. The van der Waals surface area contributed by atoms with Crippen molar-refractivity contribution >= 4 is 36.7 Å². The first-order valence-electron chi connectivity index (χ1n) is 2.11. The Labute approximate surface area is 99.1 Å². The van der Waals surface area contributed by atoms with Crippen LogP contribution in [0.3, 0.4) is 0 Å². The SMILES string of the molecule is O.O.O.O.O.O.S=c1[nH]c(=S)[nH]c(=S)[nH]1. The highest BCUT2D eigenvalue weighted by Gasteiger charge is 1.76. The van der Waals surface area contributed by atoms with Crippen LogP contribution in [-0.4, -0.2) is 47.8 Å². The van der Waals surface area contributed by atoms with Gasteiger partial charge in [0.05, 0.1) is 0 Å². The molecule has 15 N–H and O–H groups in total. The number of H-pyrrole nitrogens is 3. The molecule has 0 aliphatic heterocycles. The first-order chi connectivity index (χ1) is 4.18. The summed E-state index contributed by atoms with van der Waals surface area (Å²) in [4.78, 5) is 7.99. The maximum atomic E-state index is 4.72. The molecule has 0 aliphatic carbocycles. The van der Waals surface area contributed by atoms with E-state index >= 15 is 0 Å². The summed E-state index contributed by atoms with van der Waals surface area (Å²) in [7, 11) is 0. The standard InChI is InChI=1S/C3H3N3S3.6H2O/c7-1-4-2(8)6-3(9)5-1;;;;;;/h(H3,4,5,6,7,8,9);6*1H2. The molecule has 0 atom stereocenters. The number of rotatable bonds is 0. The molecule has 0 spiro atoms. The molecule has 1 rings (SSSR count). The molecule has 0 aromatic carbocycles. The summed E-state index contributed by atoms with van der Waals surface area (Å²) in [6.07, 6.45) is 0. The van der Waals surface area contributed by atoms with Crippen LogP contribution in [0, 0.1) is 14.3 Å². The lowest BCUT2D eigenvalue weighted by atomic mass is 11.1. The van der Waals surface area contributed by atoms with Gasteiger partial charge in [-0.1, -0.05) is 0 Å². The Kier molecular flexibility index (Phi) is 38.8. The van der Waals surface area contributed by atoms with E-state index in [0.717, 1.165) is 0 Å². The van der Waals surface area contributed by atoms with Crippen LogP contribution < -0.4 is 0 Å². The van der Waals surface area contributed by atoms with E-state index in [1.807, 2.05) is 0 Å². The first kappa shape index (κ1) is 36.6. The van der Waals surface area contributed by atoms with Crippen LogP contribution in [-0.2, 0) is 0 Å². The van der Waals surface area contributed by atoms with Crippen LogP contribution in [0.15, 0.2) is 0 Å². The highest BCUT2D eigenvalue weighted by molar-refractivity contribution is 7.72. The second kappa shape index (κ2) is 15.9. The fraction of sp³-hybridized carbons (Fsp3) is 0. The van der Waals surface area contributed by atoms with E-state index in [1.165, 1.54) is 0 Å². The van der Waals surface area contributed by atoms with E-state index in [9.17, 15) is 0 Å². The average molecular weight is 285 g/mol. The summed E-state index contributed by atoms with van der Waals surface area (Å²) in [5, 5.41) is 0. The normalized spacial score (nSPS) is 5.60. The van der Waals surface area contributed by atoms with Crippen molar-refractivity contribution < 1.29 is 32.9 Å². The van der Waals surface area contributed by atoms with Gasteiger partial charge in [0.2, 0.25) is 0 Å². The average Bonchev–Trinajstić information content (AvgIpc) is 1.59. The quantitative estimate of drug-likeness (QED) is 0.420. The van der Waals surface area contributed by atoms with Crippen molar-refractivity contribution in [3.8, 4) is 0 Å². The first-order valence-corrected chi connectivity index (χ1v) is 3.34. The molecule has 0 fully saturated rings. The van der Waals surface area contributed by atoms with Crippen molar-refractivity contribution in [2.24, 2.45) is 0 Å². The molecule has 12 heteroatoms. The van der Waals surface area contributed by atoms with Gasteiger partial charge in [0, 0.05) is 0 Å². The highest BCUT2D eigenvalue weighted by atomic mass is 32.1. The maximum Gasteiger partial charge on any atom is 0.178 e. The molecular formula is C3H15N3O6S3. The van der Waals surface area contributed by atoms with Gasteiger partial charge in [-0.25, -0.2) is 0 Å². The van der Waals surface area contributed by atoms with Gasteiger partial charge in [-0.3, -0.25) is 0 Å². The lowest BCUT2D eigenvalue weighted by molar-refractivity contribution is 0.823. The van der Waals surface area contributed by atoms with Gasteiger partial charge in [0.25, 0.3) is 0 Å². The van der Waals surface area contributed by atoms with Gasteiger partial charge in [0.1, 0.15) is 0 Å². The molecule has 1 aromatic heterocycles. The summed E-state index contributed by atoms with van der Waals surface area (Å²) < 4.78 is 1.34. The monoisotopic (exact) mass is 285 g/mol. The molecule has 1 heterocycles. The van der Waals surface area contributed by atoms with Crippen LogP contribution in [0.1, 0.15) is 0 Å². The molecule has 0 saturated carbocycles. The minimum absolute atomic E-state index is 0. The van der Waals surface area contributed by atoms with Crippen molar-refractivity contribution in [3.05, 3.63) is 14.3 Å². The van der Waals surface area contributed by atoms with Crippen LogP contribution in [0.2, 0.25) is 0 Å². The van der Waals surface area contributed by atoms with Crippen molar-refractivity contribution in [1.82, 2.24) is 15.0 Å². The van der Waals surface area contributed by atoms with Gasteiger partial charge in [-0.05, 0) is 36.7 Å². The Hall–Kier alpha value is -0.570. The van der Waals surface area contributed by atoms with Gasteiger partial charge >= 0.3 is 0 Å². The summed E-state index contributed by atoms with van der Waals surface area (Å²) in [5.41, 5.74) is 0. The summed E-state index contributed by atoms with van der Waals surface area (Å²) in [6, 6.07) is 0. The zero-order valence-corrected chi connectivity index (χ0v) is 9.67. The number of hydrogen-bond donors (Lipinski definition) is 3. The minimum atomic E-state index is 0. The zero-order valence-electron chi connectivity index (χ0n) is 7.22. The Balaban J connectivity index is -0.0000000337. The molecule has 0 aliphatic rings. The number of nitrogens with one attached hydrogen (secondary N) is 3. The fourth-order valence-corrected chi connectivity index (χ4v) is 1.21. The lowest BCUT2D eigenvalue weighted by Gasteiger charge is -1.84.